The second-order valence-electron chi connectivity index (χ2n) is 7.84. The molecule has 4 nitrogen and oxygen atoms in total. The highest BCUT2D eigenvalue weighted by Crippen LogP contribution is 2.33. The zero-order valence-electron chi connectivity index (χ0n) is 14.0. The highest BCUT2D eigenvalue weighted by molar-refractivity contribution is 5.78. The molecule has 2 atom stereocenters. The Morgan fingerprint density at radius 1 is 1.35 bits per heavy atom. The van der Waals surface area contributed by atoms with Crippen molar-refractivity contribution in [3.8, 4) is 0 Å². The van der Waals surface area contributed by atoms with Gasteiger partial charge in [0.25, 0.3) is 0 Å². The van der Waals surface area contributed by atoms with E-state index in [9.17, 15) is 9.90 Å². The monoisotopic (exact) mass is 284 g/mol. The summed E-state index contributed by atoms with van der Waals surface area (Å²) in [7, 11) is 0. The number of likely N-dealkylation sites (tertiary alicyclic amines) is 1. The van der Waals surface area contributed by atoms with Crippen LogP contribution in [0.5, 0.6) is 0 Å². The summed E-state index contributed by atoms with van der Waals surface area (Å²) in [4.78, 5) is 13.9. The van der Waals surface area contributed by atoms with Gasteiger partial charge in [0, 0.05) is 19.1 Å². The van der Waals surface area contributed by atoms with Crippen molar-refractivity contribution in [1.82, 2.24) is 10.2 Å². The molecule has 0 bridgehead atoms. The van der Waals surface area contributed by atoms with Crippen molar-refractivity contribution in [2.45, 2.75) is 66.0 Å². The van der Waals surface area contributed by atoms with Gasteiger partial charge in [0.15, 0.2) is 0 Å². The van der Waals surface area contributed by atoms with Crippen molar-refractivity contribution >= 4 is 5.97 Å². The summed E-state index contributed by atoms with van der Waals surface area (Å²) >= 11 is 0. The fraction of sp³-hybridized carbons (Fsp3) is 0.938. The molecule has 0 aliphatic carbocycles. The third kappa shape index (κ3) is 4.74. The van der Waals surface area contributed by atoms with Crippen LogP contribution in [0, 0.1) is 11.3 Å². The smallest absolute Gasteiger partial charge is 0.323 e. The zero-order valence-corrected chi connectivity index (χ0v) is 14.0. The molecule has 1 heterocycles. The number of hydrogen-bond acceptors (Lipinski definition) is 3. The summed E-state index contributed by atoms with van der Waals surface area (Å²) in [5.74, 6) is -0.0330. The highest BCUT2D eigenvalue weighted by atomic mass is 16.4. The molecule has 0 amide bonds. The molecule has 0 aromatic heterocycles. The Hall–Kier alpha value is -0.610. The molecule has 1 rings (SSSR count). The van der Waals surface area contributed by atoms with E-state index >= 15 is 0 Å². The lowest BCUT2D eigenvalue weighted by Gasteiger charge is -2.31. The van der Waals surface area contributed by atoms with Gasteiger partial charge >= 0.3 is 5.97 Å². The molecule has 0 saturated carbocycles. The van der Waals surface area contributed by atoms with E-state index in [2.05, 4.69) is 31.0 Å². The number of nitrogens with zero attached hydrogens (tertiary/aromatic N) is 1. The van der Waals surface area contributed by atoms with Crippen LogP contribution in [0.2, 0.25) is 0 Å². The van der Waals surface area contributed by atoms with E-state index in [1.54, 1.807) is 6.92 Å². The van der Waals surface area contributed by atoms with Gasteiger partial charge in [-0.2, -0.15) is 0 Å². The summed E-state index contributed by atoms with van der Waals surface area (Å²) in [6.45, 7) is 15.7. The number of rotatable bonds is 6. The van der Waals surface area contributed by atoms with Crippen LogP contribution >= 0.6 is 0 Å². The molecule has 1 fully saturated rings. The molecular formula is C16H32N2O2. The Balaban J connectivity index is 2.52. The van der Waals surface area contributed by atoms with Crippen LogP contribution in [0.15, 0.2) is 0 Å². The first-order valence-corrected chi connectivity index (χ1v) is 7.78. The standard InChI is InChI=1S/C16H32N2O2/c1-12(2)17-16(6,14(19)20)8-10-18-9-7-13(11-18)15(3,4)5/h12-13,17H,7-11H2,1-6H3,(H,19,20). The fourth-order valence-corrected chi connectivity index (χ4v) is 3.00. The SMILES string of the molecule is CC(C)NC(C)(CCN1CCC(C(C)(C)C)C1)C(=O)O. The van der Waals surface area contributed by atoms with E-state index in [1.807, 2.05) is 13.8 Å². The predicted molar refractivity (Wildman–Crippen MR) is 82.9 cm³/mol. The van der Waals surface area contributed by atoms with Crippen molar-refractivity contribution in [3.63, 3.8) is 0 Å². The average molecular weight is 284 g/mol. The van der Waals surface area contributed by atoms with Gasteiger partial charge in [0.05, 0.1) is 0 Å². The topological polar surface area (TPSA) is 52.6 Å². The van der Waals surface area contributed by atoms with E-state index in [0.717, 1.165) is 25.6 Å². The van der Waals surface area contributed by atoms with Gasteiger partial charge in [0.1, 0.15) is 5.54 Å². The van der Waals surface area contributed by atoms with Crippen molar-refractivity contribution in [2.24, 2.45) is 11.3 Å². The van der Waals surface area contributed by atoms with Gasteiger partial charge in [-0.15, -0.1) is 0 Å². The van der Waals surface area contributed by atoms with Crippen LogP contribution in [0.25, 0.3) is 0 Å². The molecule has 0 spiro atoms. The molecule has 4 heteroatoms. The number of hydrogen-bond donors (Lipinski definition) is 2. The minimum Gasteiger partial charge on any atom is -0.480 e. The Morgan fingerprint density at radius 2 is 1.95 bits per heavy atom. The van der Waals surface area contributed by atoms with Crippen LogP contribution in [0.1, 0.15) is 54.4 Å². The summed E-state index contributed by atoms with van der Waals surface area (Å²) < 4.78 is 0. The summed E-state index contributed by atoms with van der Waals surface area (Å²) in [5, 5.41) is 12.7. The number of carbonyl (C=O) groups is 1. The second kappa shape index (κ2) is 6.44. The molecule has 1 aliphatic rings. The van der Waals surface area contributed by atoms with Crippen molar-refractivity contribution in [3.05, 3.63) is 0 Å². The highest BCUT2D eigenvalue weighted by Gasteiger charge is 2.36. The van der Waals surface area contributed by atoms with Crippen LogP contribution in [-0.4, -0.2) is 47.2 Å². The molecule has 2 unspecified atom stereocenters. The molecule has 118 valence electrons. The van der Waals surface area contributed by atoms with Crippen molar-refractivity contribution in [1.29, 1.82) is 0 Å². The normalized spacial score (nSPS) is 24.1. The molecule has 1 aliphatic heterocycles. The van der Waals surface area contributed by atoms with Gasteiger partial charge in [0.2, 0.25) is 0 Å². The van der Waals surface area contributed by atoms with Gasteiger partial charge in [-0.1, -0.05) is 20.8 Å². The number of aliphatic carboxylic acids is 1. The maximum Gasteiger partial charge on any atom is 0.323 e. The van der Waals surface area contributed by atoms with E-state index < -0.39 is 11.5 Å². The van der Waals surface area contributed by atoms with Crippen LogP contribution in [0.3, 0.4) is 0 Å². The quantitative estimate of drug-likeness (QED) is 0.787. The van der Waals surface area contributed by atoms with Gasteiger partial charge in [-0.3, -0.25) is 10.1 Å². The van der Waals surface area contributed by atoms with Crippen LogP contribution in [0.4, 0.5) is 0 Å². The second-order valence-corrected chi connectivity index (χ2v) is 7.84. The zero-order chi connectivity index (χ0) is 15.6. The summed E-state index contributed by atoms with van der Waals surface area (Å²) in [5.41, 5.74) is -0.477. The van der Waals surface area contributed by atoms with Crippen molar-refractivity contribution < 1.29 is 9.90 Å². The molecule has 1 saturated heterocycles. The molecule has 0 aromatic carbocycles. The predicted octanol–water partition coefficient (Wildman–Crippen LogP) is 2.59. The molecular weight excluding hydrogens is 252 g/mol. The Labute approximate surface area is 123 Å². The van der Waals surface area contributed by atoms with Crippen LogP contribution < -0.4 is 5.32 Å². The Morgan fingerprint density at radius 3 is 2.35 bits per heavy atom. The van der Waals surface area contributed by atoms with Crippen molar-refractivity contribution in [2.75, 3.05) is 19.6 Å². The van der Waals surface area contributed by atoms with E-state index in [0.29, 0.717) is 11.8 Å². The van der Waals surface area contributed by atoms with Gasteiger partial charge in [-0.25, -0.2) is 0 Å². The third-order valence-electron chi connectivity index (χ3n) is 4.50. The first kappa shape index (κ1) is 17.4. The lowest BCUT2D eigenvalue weighted by molar-refractivity contribution is -0.144. The molecule has 0 aromatic rings. The maximum atomic E-state index is 11.5. The van der Waals surface area contributed by atoms with Gasteiger partial charge < -0.3 is 10.0 Å². The summed E-state index contributed by atoms with van der Waals surface area (Å²) in [6, 6.07) is 0.178. The van der Waals surface area contributed by atoms with Crippen LogP contribution in [-0.2, 0) is 4.79 Å². The summed E-state index contributed by atoms with van der Waals surface area (Å²) in [6.07, 6.45) is 1.88. The van der Waals surface area contributed by atoms with E-state index in [4.69, 9.17) is 0 Å². The minimum absolute atomic E-state index is 0.178. The fourth-order valence-electron chi connectivity index (χ4n) is 3.00. The van der Waals surface area contributed by atoms with E-state index in [1.165, 1.54) is 6.42 Å². The Kier molecular flexibility index (Phi) is 5.61. The average Bonchev–Trinajstić information content (AvgIpc) is 2.73. The van der Waals surface area contributed by atoms with E-state index in [-0.39, 0.29) is 6.04 Å². The lowest BCUT2D eigenvalue weighted by atomic mass is 9.80. The minimum atomic E-state index is -0.825. The maximum absolute atomic E-state index is 11.5. The third-order valence-corrected chi connectivity index (χ3v) is 4.50. The first-order valence-electron chi connectivity index (χ1n) is 7.78. The molecule has 2 N–H and O–H groups in total. The molecule has 20 heavy (non-hydrogen) atoms. The largest absolute Gasteiger partial charge is 0.480 e. The lowest BCUT2D eigenvalue weighted by Crippen LogP contribution is -2.53. The molecule has 0 radical (unpaired) electrons. The first-order chi connectivity index (χ1) is 9.04. The number of nitrogens with one attached hydrogen (secondary N) is 1. The van der Waals surface area contributed by atoms with Gasteiger partial charge in [-0.05, 0) is 51.5 Å². The number of carboxylic acids is 1. The Bertz CT molecular complexity index is 336. The number of carboxylic acid groups (broad SMARTS) is 1.